The second-order valence-corrected chi connectivity index (χ2v) is 18.3. The molecule has 0 aliphatic heterocycles. The van der Waals surface area contributed by atoms with Crippen molar-refractivity contribution in [3.05, 3.63) is 0 Å². The summed E-state index contributed by atoms with van der Waals surface area (Å²) in [7, 11) is 1.48. The summed E-state index contributed by atoms with van der Waals surface area (Å²) in [5.41, 5.74) is -1.24. The van der Waals surface area contributed by atoms with Crippen LogP contribution in [0.25, 0.3) is 0 Å². The molecular formula is C68H184O22. The summed E-state index contributed by atoms with van der Waals surface area (Å²) >= 11 is 0. The molecule has 0 heterocycles. The van der Waals surface area contributed by atoms with Crippen LogP contribution < -0.4 is 0 Å². The number of hydrogen-bond donors (Lipinski definition) is 21. The van der Waals surface area contributed by atoms with Crippen LogP contribution in [0.1, 0.15) is 303 Å². The molecule has 0 amide bonds. The Hall–Kier alpha value is -0.880. The van der Waals surface area contributed by atoms with E-state index in [1.807, 2.05) is 48.5 Å². The van der Waals surface area contributed by atoms with Crippen LogP contribution in [0.4, 0.5) is 0 Å². The van der Waals surface area contributed by atoms with Crippen LogP contribution >= 0.6 is 0 Å². The van der Waals surface area contributed by atoms with E-state index in [9.17, 15) is 10.2 Å². The molecule has 588 valence electrons. The highest BCUT2D eigenvalue weighted by molar-refractivity contribution is 4.80. The number of aliphatic hydroxyl groups excluding tert-OH is 20. The summed E-state index contributed by atoms with van der Waals surface area (Å²) in [6, 6.07) is 0. The van der Waals surface area contributed by atoms with E-state index in [-0.39, 0.29) is 190 Å². The molecule has 0 aromatic heterocycles. The van der Waals surface area contributed by atoms with E-state index in [2.05, 4.69) is 6.92 Å². The minimum absolute atomic E-state index is 0. The highest BCUT2D eigenvalue weighted by atomic mass is 16.5. The zero-order chi connectivity index (χ0) is 59.5. The third-order valence-corrected chi connectivity index (χ3v) is 10.6. The maximum absolute atomic E-state index is 9.60. The molecule has 0 aromatic carbocycles. The lowest BCUT2D eigenvalue weighted by Crippen LogP contribution is -2.40. The first-order valence-electron chi connectivity index (χ1n) is 27.0. The van der Waals surface area contributed by atoms with Crippen LogP contribution in [0.15, 0.2) is 0 Å². The second-order valence-electron chi connectivity index (χ2n) is 18.3. The van der Waals surface area contributed by atoms with E-state index in [0.29, 0.717) is 38.5 Å². The van der Waals surface area contributed by atoms with Gasteiger partial charge >= 0.3 is 0 Å². The fraction of sp³-hybridized carbons (Fsp3) is 1.00. The molecule has 13 atom stereocenters. The number of unbranched alkanes of at least 4 members (excludes halogenated alkanes) is 1. The van der Waals surface area contributed by atoms with Gasteiger partial charge in [-0.25, -0.2) is 0 Å². The van der Waals surface area contributed by atoms with Crippen LogP contribution in [0, 0.1) is 5.92 Å². The van der Waals surface area contributed by atoms with E-state index in [1.165, 1.54) is 7.11 Å². The molecule has 0 saturated heterocycles. The van der Waals surface area contributed by atoms with Crippen molar-refractivity contribution >= 4 is 0 Å². The normalized spacial score (nSPS) is 13.5. The maximum Gasteiger partial charge on any atom is 0.108 e. The van der Waals surface area contributed by atoms with Gasteiger partial charge in [-0.1, -0.05) is 232 Å². The van der Waals surface area contributed by atoms with E-state index in [0.717, 1.165) is 70.6 Å². The van der Waals surface area contributed by atoms with Crippen LogP contribution in [-0.4, -0.2) is 253 Å². The Bertz CT molecular complexity index is 981. The van der Waals surface area contributed by atoms with Crippen LogP contribution in [-0.2, 0) is 4.74 Å². The molecule has 0 bridgehead atoms. The predicted molar refractivity (Wildman–Crippen MR) is 396 cm³/mol. The van der Waals surface area contributed by atoms with Gasteiger partial charge in [-0.3, -0.25) is 0 Å². The van der Waals surface area contributed by atoms with Gasteiger partial charge in [0.25, 0.3) is 0 Å². The van der Waals surface area contributed by atoms with Crippen molar-refractivity contribution < 1.29 is 112 Å². The summed E-state index contributed by atoms with van der Waals surface area (Å²) < 4.78 is 4.95. The third-order valence-electron chi connectivity index (χ3n) is 10.6. The standard InChI is InChI=1S/2C8H18O4.C7H16O3.C6H14O3.3C6H14O2.C5H12O2.16CH4/c1-3-4-7(12-2)8(11)6(10)5-9;1-2-3-8(12,6-10)4-7(11)5-9;1-2-3-6(9)4-7(10)5-8;1-2-3-5(8)6(9)4-7;1-3-4-6(8)5(2)7;1-2-3-6(4-7)5-8;1-2-3-4-6(8)5-7;1-2-3-5(7)4-6;;;;;;;;;;;;;;;;/h6-11H,3-5H2,1-2H3;7,9-12H,2-6H2,1H3;6-10H,2-5H2,1H3;5-9H,2-4H2,1H3;5-8H,3-4H2,1-2H3;2*6-8H,2-5H2,1H3;5-7H,2-4H2,1H3;16*1H4. The van der Waals surface area contributed by atoms with Crippen molar-refractivity contribution in [1.29, 1.82) is 0 Å². The Kier molecular flexibility index (Phi) is 227. The quantitative estimate of drug-likeness (QED) is 0.0280. The lowest BCUT2D eigenvalue weighted by Gasteiger charge is -2.27. The third kappa shape index (κ3) is 128. The van der Waals surface area contributed by atoms with Crippen LogP contribution in [0.2, 0.25) is 0 Å². The number of rotatable bonds is 35. The zero-order valence-corrected chi connectivity index (χ0v) is 47.6. The molecule has 0 spiro atoms. The summed E-state index contributed by atoms with van der Waals surface area (Å²) in [4.78, 5) is 0. The van der Waals surface area contributed by atoms with Gasteiger partial charge < -0.3 is 112 Å². The van der Waals surface area contributed by atoms with Crippen LogP contribution in [0.5, 0.6) is 0 Å². The number of aliphatic hydroxyl groups is 21. The highest BCUT2D eigenvalue weighted by Gasteiger charge is 2.28. The Morgan fingerprint density at radius 1 is 0.322 bits per heavy atom. The fourth-order valence-electron chi connectivity index (χ4n) is 5.87. The van der Waals surface area contributed by atoms with Gasteiger partial charge in [-0.2, -0.15) is 0 Å². The zero-order valence-electron chi connectivity index (χ0n) is 47.6. The second kappa shape index (κ2) is 125. The molecular weight excluding hydrogens is 1170 g/mol. The van der Waals surface area contributed by atoms with Crippen molar-refractivity contribution in [3.63, 3.8) is 0 Å². The largest absolute Gasteiger partial charge is 0.396 e. The summed E-state index contributed by atoms with van der Waals surface area (Å²) in [5, 5.41) is 184. The fourth-order valence-corrected chi connectivity index (χ4v) is 5.87. The lowest BCUT2D eigenvalue weighted by atomic mass is 9.92. The van der Waals surface area contributed by atoms with Crippen LogP contribution in [0.3, 0.4) is 0 Å². The monoisotopic (exact) mass is 1350 g/mol. The molecule has 0 radical (unpaired) electrons. The van der Waals surface area contributed by atoms with E-state index >= 15 is 0 Å². The van der Waals surface area contributed by atoms with E-state index in [1.54, 1.807) is 6.92 Å². The van der Waals surface area contributed by atoms with Gasteiger partial charge in [-0.15, -0.1) is 0 Å². The Morgan fingerprint density at radius 3 is 0.889 bits per heavy atom. The molecule has 22 nitrogen and oxygen atoms in total. The van der Waals surface area contributed by atoms with E-state index in [4.69, 9.17) is 102 Å². The predicted octanol–water partition coefficient (Wildman–Crippen LogP) is 9.92. The highest BCUT2D eigenvalue weighted by Crippen LogP contribution is 2.18. The molecule has 0 fully saturated rings. The number of ether oxygens (including phenoxy) is 1. The first-order chi connectivity index (χ1) is 34.8. The van der Waals surface area contributed by atoms with Gasteiger partial charge in [0.15, 0.2) is 0 Å². The molecule has 22 heteroatoms. The van der Waals surface area contributed by atoms with Crippen molar-refractivity contribution in [2.45, 2.75) is 382 Å². The number of methoxy groups -OCH3 is 1. The lowest BCUT2D eigenvalue weighted by molar-refractivity contribution is -0.0918. The maximum atomic E-state index is 9.60. The van der Waals surface area contributed by atoms with E-state index < -0.39 is 85.5 Å². The molecule has 0 aliphatic rings. The SMILES string of the molecule is C.C.C.C.C.C.C.C.C.C.C.C.C.C.C.C.CCCC(CO)CO.CCCC(O)(CO)CC(O)CO.CCCC(O)C(C)O.CCCC(O)C(O)CO.CCCC(O)CC(O)CO.CCCC(O)CO.CCCC(OC)C(O)C(O)CO.CCCCC(O)CO. The molecule has 90 heavy (non-hydrogen) atoms. The van der Waals surface area contributed by atoms with Gasteiger partial charge in [-0.05, 0) is 58.3 Å². The van der Waals surface area contributed by atoms with Crippen molar-refractivity contribution in [2.75, 3.05) is 66.6 Å². The minimum atomic E-state index is -1.24. The Labute approximate surface area is 564 Å². The molecule has 0 rings (SSSR count). The first kappa shape index (κ1) is 163. The number of hydrogen-bond acceptors (Lipinski definition) is 22. The van der Waals surface area contributed by atoms with Crippen molar-refractivity contribution in [3.8, 4) is 0 Å². The molecule has 0 saturated carbocycles. The smallest absolute Gasteiger partial charge is 0.108 e. The Balaban J connectivity index is -0.0000000247. The van der Waals surface area contributed by atoms with Gasteiger partial charge in [0, 0.05) is 39.1 Å². The topological polar surface area (TPSA) is 434 Å². The summed E-state index contributed by atoms with van der Waals surface area (Å²) in [6.07, 6.45) is 5.49. The first-order valence-corrected chi connectivity index (χ1v) is 27.0. The average Bonchev–Trinajstić information content (AvgIpc) is 3.39. The average molecular weight is 1350 g/mol. The van der Waals surface area contributed by atoms with Crippen molar-refractivity contribution in [2.24, 2.45) is 5.92 Å². The van der Waals surface area contributed by atoms with Crippen molar-refractivity contribution in [1.82, 2.24) is 0 Å². The van der Waals surface area contributed by atoms with Gasteiger partial charge in [0.1, 0.15) is 18.3 Å². The van der Waals surface area contributed by atoms with Gasteiger partial charge in [0.05, 0.1) is 107 Å². The summed E-state index contributed by atoms with van der Waals surface area (Å²) in [5.74, 6) is 0.111. The molecule has 13 unspecified atom stereocenters. The van der Waals surface area contributed by atoms with Gasteiger partial charge in [0.2, 0.25) is 0 Å². The molecule has 0 aliphatic carbocycles. The molecule has 21 N–H and O–H groups in total. The summed E-state index contributed by atoms with van der Waals surface area (Å²) in [6.45, 7) is 15.6. The minimum Gasteiger partial charge on any atom is -0.396 e. The Morgan fingerprint density at radius 2 is 0.656 bits per heavy atom. The molecule has 0 aromatic rings.